The van der Waals surface area contributed by atoms with E-state index < -0.39 is 0 Å². The van der Waals surface area contributed by atoms with Gasteiger partial charge in [0, 0.05) is 56.6 Å². The lowest BCUT2D eigenvalue weighted by Gasteiger charge is -2.35. The van der Waals surface area contributed by atoms with Crippen LogP contribution >= 0.6 is 0 Å². The van der Waals surface area contributed by atoms with E-state index in [9.17, 15) is 9.59 Å². The highest BCUT2D eigenvalue weighted by atomic mass is 16.2. The van der Waals surface area contributed by atoms with Gasteiger partial charge in [0.1, 0.15) is 12.4 Å². The summed E-state index contributed by atoms with van der Waals surface area (Å²) in [5.74, 6) is 0.813. The predicted molar refractivity (Wildman–Crippen MR) is 126 cm³/mol. The van der Waals surface area contributed by atoms with E-state index in [1.807, 2.05) is 48.5 Å². The first-order chi connectivity index (χ1) is 16.2. The Hall–Kier alpha value is -4.07. The number of hydrogen-bond donors (Lipinski definition) is 0. The highest BCUT2D eigenvalue weighted by molar-refractivity contribution is 5.84. The smallest absolute Gasteiger partial charge is 0.275 e. The van der Waals surface area contributed by atoms with Crippen molar-refractivity contribution in [2.24, 2.45) is 0 Å². The first kappa shape index (κ1) is 20.8. The molecule has 0 N–H and O–H groups in total. The van der Waals surface area contributed by atoms with Crippen molar-refractivity contribution in [3.05, 3.63) is 94.8 Å². The molecule has 0 radical (unpaired) electrons. The van der Waals surface area contributed by atoms with E-state index in [0.29, 0.717) is 38.0 Å². The number of anilines is 1. The summed E-state index contributed by atoms with van der Waals surface area (Å²) in [6.07, 6.45) is 5.80. The predicted octanol–water partition coefficient (Wildman–Crippen LogP) is 2.13. The molecular formula is C25H24N6O2. The first-order valence-electron chi connectivity index (χ1n) is 11.0. The van der Waals surface area contributed by atoms with E-state index in [-0.39, 0.29) is 18.0 Å². The topological polar surface area (TPSA) is 84.2 Å². The number of carbonyl (C=O) groups excluding carboxylic acids is 1. The molecule has 0 unspecified atom stereocenters. The summed E-state index contributed by atoms with van der Waals surface area (Å²) in [7, 11) is 0. The van der Waals surface area contributed by atoms with Gasteiger partial charge in [0.25, 0.3) is 5.56 Å². The Morgan fingerprint density at radius 2 is 1.58 bits per heavy atom. The van der Waals surface area contributed by atoms with Crippen molar-refractivity contribution in [3.8, 4) is 0 Å². The number of benzene rings is 1. The third-order valence-corrected chi connectivity index (χ3v) is 5.96. The molecule has 33 heavy (non-hydrogen) atoms. The average molecular weight is 441 g/mol. The lowest BCUT2D eigenvalue weighted by atomic mass is 10.1. The molecule has 4 aromatic rings. The van der Waals surface area contributed by atoms with Gasteiger partial charge in [-0.2, -0.15) is 5.10 Å². The van der Waals surface area contributed by atoms with Crippen molar-refractivity contribution >= 4 is 22.5 Å². The minimum Gasteiger partial charge on any atom is -0.353 e. The van der Waals surface area contributed by atoms with Gasteiger partial charge in [0.05, 0.1) is 11.1 Å². The molecule has 166 valence electrons. The highest BCUT2D eigenvalue weighted by Crippen LogP contribution is 2.17. The molecule has 1 fully saturated rings. The Bertz CT molecular complexity index is 1320. The lowest BCUT2D eigenvalue weighted by Crippen LogP contribution is -2.50. The van der Waals surface area contributed by atoms with Crippen LogP contribution in [0.15, 0.2) is 78.0 Å². The summed E-state index contributed by atoms with van der Waals surface area (Å²) >= 11 is 0. The van der Waals surface area contributed by atoms with E-state index in [0.717, 1.165) is 22.5 Å². The summed E-state index contributed by atoms with van der Waals surface area (Å²) < 4.78 is 1.31. The van der Waals surface area contributed by atoms with Crippen molar-refractivity contribution in [3.63, 3.8) is 0 Å². The number of amides is 1. The van der Waals surface area contributed by atoms with Gasteiger partial charge in [-0.15, -0.1) is 0 Å². The number of fused-ring (bicyclic) bond motifs is 1. The molecule has 0 spiro atoms. The van der Waals surface area contributed by atoms with Gasteiger partial charge in [0.2, 0.25) is 5.91 Å². The van der Waals surface area contributed by atoms with Crippen LogP contribution in [0.2, 0.25) is 0 Å². The van der Waals surface area contributed by atoms with Crippen molar-refractivity contribution in [2.45, 2.75) is 13.0 Å². The van der Waals surface area contributed by atoms with E-state index in [4.69, 9.17) is 0 Å². The average Bonchev–Trinajstić information content (AvgIpc) is 2.88. The summed E-state index contributed by atoms with van der Waals surface area (Å²) in [6, 6.07) is 17.1. The number of rotatable bonds is 5. The molecule has 8 heteroatoms. The third kappa shape index (κ3) is 4.45. The van der Waals surface area contributed by atoms with Gasteiger partial charge in [-0.3, -0.25) is 14.6 Å². The number of piperazine rings is 1. The van der Waals surface area contributed by atoms with E-state index in [1.165, 1.54) is 4.68 Å². The number of carbonyl (C=O) groups is 1. The summed E-state index contributed by atoms with van der Waals surface area (Å²) in [5, 5.41) is 5.99. The quantitative estimate of drug-likeness (QED) is 0.473. The second kappa shape index (κ2) is 9.20. The SMILES string of the molecule is O=C(Cn1nc(Cc2ccncc2)c2ccccc2c1=O)N1CCN(c2ccccn2)CC1. The normalized spacial score (nSPS) is 13.9. The molecule has 0 saturated carbocycles. The fraction of sp³-hybridized carbons (Fsp3) is 0.240. The van der Waals surface area contributed by atoms with E-state index >= 15 is 0 Å². The minimum absolute atomic E-state index is 0.0728. The van der Waals surface area contributed by atoms with Crippen LogP contribution in [-0.4, -0.2) is 56.7 Å². The second-order valence-corrected chi connectivity index (χ2v) is 8.04. The Labute approximate surface area is 191 Å². The third-order valence-electron chi connectivity index (χ3n) is 5.96. The number of nitrogens with zero attached hydrogens (tertiary/aromatic N) is 6. The number of aromatic nitrogens is 4. The summed E-state index contributed by atoms with van der Waals surface area (Å²) in [6.45, 7) is 2.51. The lowest BCUT2D eigenvalue weighted by molar-refractivity contribution is -0.132. The Morgan fingerprint density at radius 1 is 0.848 bits per heavy atom. The number of hydrogen-bond acceptors (Lipinski definition) is 6. The van der Waals surface area contributed by atoms with Crippen LogP contribution in [-0.2, 0) is 17.8 Å². The van der Waals surface area contributed by atoms with Crippen LogP contribution in [0, 0.1) is 0 Å². The molecule has 0 bridgehead atoms. The fourth-order valence-electron chi connectivity index (χ4n) is 4.19. The van der Waals surface area contributed by atoms with Crippen LogP contribution in [0.25, 0.3) is 10.8 Å². The van der Waals surface area contributed by atoms with Gasteiger partial charge in [-0.05, 0) is 35.9 Å². The van der Waals surface area contributed by atoms with Crippen LogP contribution in [0.4, 0.5) is 5.82 Å². The zero-order chi connectivity index (χ0) is 22.6. The standard InChI is InChI=1S/C25H24N6O2/c32-24(30-15-13-29(14-16-30)23-7-3-4-10-27-23)18-31-25(33)21-6-2-1-5-20(21)22(28-31)17-19-8-11-26-12-9-19/h1-12H,13-18H2. The maximum Gasteiger partial charge on any atom is 0.275 e. The highest BCUT2D eigenvalue weighted by Gasteiger charge is 2.23. The zero-order valence-electron chi connectivity index (χ0n) is 18.2. The molecule has 5 rings (SSSR count). The van der Waals surface area contributed by atoms with Crippen LogP contribution < -0.4 is 10.5 Å². The van der Waals surface area contributed by atoms with E-state index in [2.05, 4.69) is 20.0 Å². The van der Waals surface area contributed by atoms with Crippen molar-refractivity contribution in [2.75, 3.05) is 31.1 Å². The maximum atomic E-state index is 13.1. The maximum absolute atomic E-state index is 13.1. The Morgan fingerprint density at radius 3 is 2.30 bits per heavy atom. The van der Waals surface area contributed by atoms with Gasteiger partial charge in [0.15, 0.2) is 0 Å². The summed E-state index contributed by atoms with van der Waals surface area (Å²) in [4.78, 5) is 38.6. The van der Waals surface area contributed by atoms with Gasteiger partial charge in [-0.25, -0.2) is 9.67 Å². The molecule has 3 aromatic heterocycles. The zero-order valence-corrected chi connectivity index (χ0v) is 18.2. The second-order valence-electron chi connectivity index (χ2n) is 8.04. The Balaban J connectivity index is 1.36. The Kier molecular flexibility index (Phi) is 5.80. The minimum atomic E-state index is -0.246. The molecule has 1 aromatic carbocycles. The molecule has 1 aliphatic heterocycles. The summed E-state index contributed by atoms with van der Waals surface area (Å²) in [5.41, 5.74) is 1.57. The van der Waals surface area contributed by atoms with Crippen molar-refractivity contribution in [1.29, 1.82) is 0 Å². The van der Waals surface area contributed by atoms with Crippen LogP contribution in [0.3, 0.4) is 0 Å². The monoisotopic (exact) mass is 440 g/mol. The number of pyridine rings is 2. The van der Waals surface area contributed by atoms with Crippen molar-refractivity contribution in [1.82, 2.24) is 24.6 Å². The molecule has 1 saturated heterocycles. The van der Waals surface area contributed by atoms with Gasteiger partial charge >= 0.3 is 0 Å². The largest absolute Gasteiger partial charge is 0.353 e. The van der Waals surface area contributed by atoms with Gasteiger partial charge in [-0.1, -0.05) is 24.3 Å². The molecule has 0 atom stereocenters. The molecule has 0 aliphatic carbocycles. The van der Waals surface area contributed by atoms with E-state index in [1.54, 1.807) is 29.6 Å². The first-order valence-corrected chi connectivity index (χ1v) is 11.0. The van der Waals surface area contributed by atoms with Gasteiger partial charge < -0.3 is 9.80 Å². The molecule has 4 heterocycles. The fourth-order valence-corrected chi connectivity index (χ4v) is 4.19. The molecule has 1 aliphatic rings. The van der Waals surface area contributed by atoms with Crippen LogP contribution in [0.1, 0.15) is 11.3 Å². The molecule has 1 amide bonds. The molecule has 8 nitrogen and oxygen atoms in total. The van der Waals surface area contributed by atoms with Crippen LogP contribution in [0.5, 0.6) is 0 Å². The van der Waals surface area contributed by atoms with Crippen molar-refractivity contribution < 1.29 is 4.79 Å². The molecular weight excluding hydrogens is 416 g/mol.